The fourth-order valence-electron chi connectivity index (χ4n) is 2.44. The Balaban J connectivity index is 2.71. The van der Waals surface area contributed by atoms with Crippen molar-refractivity contribution in [2.75, 3.05) is 32.7 Å². The highest BCUT2D eigenvalue weighted by atomic mass is 15.3. The second-order valence-electron chi connectivity index (χ2n) is 4.20. The minimum atomic E-state index is -0.281. The largest absolute Gasteiger partial charge is 0.330 e. The average Bonchev–Trinajstić information content (AvgIpc) is 2.25. The molecule has 0 amide bonds. The Kier molecular flexibility index (Phi) is 4.95. The number of nitrogens with two attached hydrogens (primary N) is 3. The van der Waals surface area contributed by atoms with Crippen LogP contribution >= 0.6 is 0 Å². The molecule has 0 bridgehead atoms. The fourth-order valence-corrected chi connectivity index (χ4v) is 2.44. The Hall–Kier alpha value is -0.200. The molecule has 0 aromatic rings. The summed E-state index contributed by atoms with van der Waals surface area (Å²) in [6.07, 6.45) is 1.84. The van der Waals surface area contributed by atoms with E-state index < -0.39 is 0 Å². The summed E-state index contributed by atoms with van der Waals surface area (Å²) < 4.78 is 0. The van der Waals surface area contributed by atoms with E-state index in [1.807, 2.05) is 0 Å². The Morgan fingerprint density at radius 2 is 2.13 bits per heavy atom. The van der Waals surface area contributed by atoms with Gasteiger partial charge in [-0.2, -0.15) is 0 Å². The van der Waals surface area contributed by atoms with Gasteiger partial charge in [-0.05, 0) is 19.4 Å². The van der Waals surface area contributed by atoms with Crippen molar-refractivity contribution in [3.05, 3.63) is 0 Å². The first-order chi connectivity index (χ1) is 7.19. The molecule has 0 spiro atoms. The molecule has 1 aliphatic heterocycles. The van der Waals surface area contributed by atoms with Crippen molar-refractivity contribution in [2.45, 2.75) is 31.5 Å². The van der Waals surface area contributed by atoms with Crippen LogP contribution in [0.2, 0.25) is 0 Å². The average molecular weight is 215 g/mol. The van der Waals surface area contributed by atoms with E-state index in [-0.39, 0.29) is 11.7 Å². The molecule has 5 heteroatoms. The lowest BCUT2D eigenvalue weighted by atomic mass is 9.91. The number of rotatable bonds is 5. The van der Waals surface area contributed by atoms with Crippen molar-refractivity contribution in [3.63, 3.8) is 0 Å². The zero-order valence-electron chi connectivity index (χ0n) is 9.71. The molecule has 1 aliphatic rings. The molecule has 1 saturated heterocycles. The lowest BCUT2D eigenvalue weighted by molar-refractivity contribution is 0.0206. The van der Waals surface area contributed by atoms with Crippen molar-refractivity contribution >= 4 is 0 Å². The van der Waals surface area contributed by atoms with Gasteiger partial charge in [-0.15, -0.1) is 0 Å². The quantitative estimate of drug-likeness (QED) is 0.454. The summed E-state index contributed by atoms with van der Waals surface area (Å²) in [6, 6.07) is 0.285. The van der Waals surface area contributed by atoms with Gasteiger partial charge in [0, 0.05) is 32.2 Å². The molecule has 1 fully saturated rings. The Labute approximate surface area is 92.3 Å². The van der Waals surface area contributed by atoms with Crippen LogP contribution in [0.1, 0.15) is 19.8 Å². The highest BCUT2D eigenvalue weighted by molar-refractivity contribution is 4.98. The summed E-state index contributed by atoms with van der Waals surface area (Å²) in [7, 11) is 0. The molecule has 5 nitrogen and oxygen atoms in total. The number of hydrogen-bond donors (Lipinski definition) is 4. The van der Waals surface area contributed by atoms with E-state index in [2.05, 4.69) is 17.1 Å². The van der Waals surface area contributed by atoms with E-state index in [0.29, 0.717) is 13.1 Å². The molecule has 15 heavy (non-hydrogen) atoms. The van der Waals surface area contributed by atoms with Crippen LogP contribution in [0.15, 0.2) is 0 Å². The predicted octanol–water partition coefficient (Wildman–Crippen LogP) is -1.37. The molecule has 2 unspecified atom stereocenters. The van der Waals surface area contributed by atoms with Crippen molar-refractivity contribution in [2.24, 2.45) is 17.2 Å². The second-order valence-corrected chi connectivity index (χ2v) is 4.20. The van der Waals surface area contributed by atoms with Gasteiger partial charge in [0.15, 0.2) is 0 Å². The van der Waals surface area contributed by atoms with Crippen LogP contribution in [0.5, 0.6) is 0 Å². The smallest absolute Gasteiger partial charge is 0.0843 e. The molecule has 1 rings (SSSR count). The summed E-state index contributed by atoms with van der Waals surface area (Å²) in [5.74, 6) is 0. The van der Waals surface area contributed by atoms with Gasteiger partial charge < -0.3 is 22.5 Å². The molecular weight excluding hydrogens is 190 g/mol. The monoisotopic (exact) mass is 215 g/mol. The Morgan fingerprint density at radius 1 is 1.40 bits per heavy atom. The van der Waals surface area contributed by atoms with E-state index >= 15 is 0 Å². The van der Waals surface area contributed by atoms with Crippen LogP contribution in [0.25, 0.3) is 0 Å². The first-order valence-electron chi connectivity index (χ1n) is 5.86. The lowest BCUT2D eigenvalue weighted by Crippen LogP contribution is -2.72. The van der Waals surface area contributed by atoms with Crippen molar-refractivity contribution < 1.29 is 0 Å². The van der Waals surface area contributed by atoms with Crippen molar-refractivity contribution in [1.82, 2.24) is 10.2 Å². The zero-order chi connectivity index (χ0) is 11.3. The standard InChI is InChI=1S/C10H25N5/c1-2-10(13)9(3-4-11)14-6-8-15(10)7-5-12/h9,14H,2-8,11-13H2,1H3. The molecule has 0 saturated carbocycles. The summed E-state index contributed by atoms with van der Waals surface area (Å²) in [5.41, 5.74) is 17.4. The summed E-state index contributed by atoms with van der Waals surface area (Å²) in [4.78, 5) is 2.30. The minimum absolute atomic E-state index is 0.281. The molecule has 2 atom stereocenters. The first-order valence-corrected chi connectivity index (χ1v) is 5.86. The molecule has 0 aliphatic carbocycles. The molecule has 0 aromatic heterocycles. The van der Waals surface area contributed by atoms with Crippen molar-refractivity contribution in [3.8, 4) is 0 Å². The SMILES string of the molecule is CCC1(N)C(CCN)NCCN1CCN. The van der Waals surface area contributed by atoms with Gasteiger partial charge in [-0.3, -0.25) is 4.90 Å². The van der Waals surface area contributed by atoms with Gasteiger partial charge in [0.05, 0.1) is 5.66 Å². The van der Waals surface area contributed by atoms with E-state index in [1.165, 1.54) is 0 Å². The molecular formula is C10H25N5. The van der Waals surface area contributed by atoms with Gasteiger partial charge in [-0.1, -0.05) is 6.92 Å². The molecule has 90 valence electrons. The first kappa shape index (κ1) is 12.9. The van der Waals surface area contributed by atoms with Gasteiger partial charge in [-0.25, -0.2) is 0 Å². The summed E-state index contributed by atoms with van der Waals surface area (Å²) >= 11 is 0. The molecule has 1 heterocycles. The van der Waals surface area contributed by atoms with Gasteiger partial charge in [0.25, 0.3) is 0 Å². The van der Waals surface area contributed by atoms with E-state index in [9.17, 15) is 0 Å². The number of nitrogens with zero attached hydrogens (tertiary/aromatic N) is 1. The second kappa shape index (κ2) is 5.77. The maximum atomic E-state index is 6.47. The Bertz CT molecular complexity index is 167. The molecule has 0 aromatic carbocycles. The maximum absolute atomic E-state index is 6.47. The van der Waals surface area contributed by atoms with Crippen LogP contribution in [0.4, 0.5) is 0 Å². The number of hydrogen-bond acceptors (Lipinski definition) is 5. The lowest BCUT2D eigenvalue weighted by Gasteiger charge is -2.50. The molecule has 0 radical (unpaired) electrons. The molecule has 7 N–H and O–H groups in total. The third-order valence-corrected chi connectivity index (χ3v) is 3.39. The van der Waals surface area contributed by atoms with E-state index in [4.69, 9.17) is 17.2 Å². The fraction of sp³-hybridized carbons (Fsp3) is 1.00. The van der Waals surface area contributed by atoms with Gasteiger partial charge in [0.1, 0.15) is 0 Å². The minimum Gasteiger partial charge on any atom is -0.330 e. The third-order valence-electron chi connectivity index (χ3n) is 3.39. The summed E-state index contributed by atoms with van der Waals surface area (Å²) in [6.45, 7) is 6.28. The van der Waals surface area contributed by atoms with Crippen LogP contribution in [-0.2, 0) is 0 Å². The topological polar surface area (TPSA) is 93.3 Å². The number of nitrogens with one attached hydrogen (secondary N) is 1. The van der Waals surface area contributed by atoms with Crippen molar-refractivity contribution in [1.29, 1.82) is 0 Å². The van der Waals surface area contributed by atoms with Crippen LogP contribution in [-0.4, -0.2) is 49.3 Å². The van der Waals surface area contributed by atoms with Gasteiger partial charge >= 0.3 is 0 Å². The van der Waals surface area contributed by atoms with Crippen LogP contribution in [0.3, 0.4) is 0 Å². The van der Waals surface area contributed by atoms with E-state index in [1.54, 1.807) is 0 Å². The van der Waals surface area contributed by atoms with Crippen LogP contribution < -0.4 is 22.5 Å². The van der Waals surface area contributed by atoms with Gasteiger partial charge in [0.2, 0.25) is 0 Å². The van der Waals surface area contributed by atoms with Crippen LogP contribution in [0, 0.1) is 0 Å². The normalized spacial score (nSPS) is 33.2. The maximum Gasteiger partial charge on any atom is 0.0843 e. The number of piperazine rings is 1. The highest BCUT2D eigenvalue weighted by Crippen LogP contribution is 2.22. The zero-order valence-corrected chi connectivity index (χ0v) is 9.71. The Morgan fingerprint density at radius 3 is 2.67 bits per heavy atom. The highest BCUT2D eigenvalue weighted by Gasteiger charge is 2.40. The third kappa shape index (κ3) is 2.68. The summed E-state index contributed by atoms with van der Waals surface area (Å²) in [5, 5.41) is 3.46. The predicted molar refractivity (Wildman–Crippen MR) is 63.3 cm³/mol. The van der Waals surface area contributed by atoms with E-state index in [0.717, 1.165) is 32.5 Å².